The summed E-state index contributed by atoms with van der Waals surface area (Å²) < 4.78 is 0. The SMILES string of the molecule is CC(=O)Nc1ccc(/C=C\C(=O)c2sc(-c3nc(C)c(C(=O)/C=C\c4ccc(NC(C)=O)cc4)s3)nc2C)cc1. The molecule has 4 rings (SSSR count). The highest BCUT2D eigenvalue weighted by Gasteiger charge is 2.20. The molecule has 0 aliphatic heterocycles. The van der Waals surface area contributed by atoms with Gasteiger partial charge in [0.1, 0.15) is 0 Å². The fourth-order valence-electron chi connectivity index (χ4n) is 3.69. The predicted molar refractivity (Wildman–Crippen MR) is 161 cm³/mol. The van der Waals surface area contributed by atoms with Gasteiger partial charge in [0.15, 0.2) is 21.6 Å². The van der Waals surface area contributed by atoms with Gasteiger partial charge in [-0.25, -0.2) is 9.97 Å². The number of carbonyl (C=O) groups is 4. The molecule has 0 saturated heterocycles. The molecular weight excluding hydrogens is 544 g/mol. The molecule has 2 heterocycles. The average molecular weight is 571 g/mol. The number of aromatic nitrogens is 2. The van der Waals surface area contributed by atoms with Crippen LogP contribution in [0.15, 0.2) is 60.7 Å². The second-order valence-electron chi connectivity index (χ2n) is 8.87. The fraction of sp³-hybridized carbons (Fsp3) is 0.133. The van der Waals surface area contributed by atoms with Crippen molar-refractivity contribution in [2.45, 2.75) is 27.7 Å². The number of amides is 2. The number of nitrogens with zero attached hydrogens (tertiary/aromatic N) is 2. The smallest absolute Gasteiger partial charge is 0.221 e. The van der Waals surface area contributed by atoms with E-state index < -0.39 is 0 Å². The van der Waals surface area contributed by atoms with Crippen LogP contribution in [-0.2, 0) is 9.59 Å². The van der Waals surface area contributed by atoms with Gasteiger partial charge in [0.2, 0.25) is 11.8 Å². The van der Waals surface area contributed by atoms with Gasteiger partial charge in [-0.3, -0.25) is 19.2 Å². The molecule has 0 radical (unpaired) electrons. The van der Waals surface area contributed by atoms with Crippen molar-refractivity contribution in [1.82, 2.24) is 9.97 Å². The number of allylic oxidation sites excluding steroid dienone is 2. The Morgan fingerprint density at radius 1 is 0.625 bits per heavy atom. The molecule has 2 aromatic carbocycles. The number of ketones is 2. The van der Waals surface area contributed by atoms with Crippen LogP contribution in [0, 0.1) is 13.8 Å². The number of rotatable bonds is 9. The number of anilines is 2. The number of aryl methyl sites for hydroxylation is 2. The molecule has 0 aliphatic rings. The lowest BCUT2D eigenvalue weighted by molar-refractivity contribution is -0.115. The van der Waals surface area contributed by atoms with E-state index in [0.29, 0.717) is 42.5 Å². The van der Waals surface area contributed by atoms with Crippen molar-refractivity contribution in [3.63, 3.8) is 0 Å². The van der Waals surface area contributed by atoms with Crippen LogP contribution in [0.2, 0.25) is 0 Å². The Morgan fingerprint density at radius 2 is 0.975 bits per heavy atom. The Labute approximate surface area is 239 Å². The minimum atomic E-state index is -0.177. The summed E-state index contributed by atoms with van der Waals surface area (Å²) in [6.07, 6.45) is 6.41. The molecule has 0 spiro atoms. The summed E-state index contributed by atoms with van der Waals surface area (Å²) in [6.45, 7) is 6.44. The molecule has 0 saturated carbocycles. The van der Waals surface area contributed by atoms with Crippen molar-refractivity contribution >= 4 is 69.6 Å². The minimum Gasteiger partial charge on any atom is -0.326 e. The first-order valence-electron chi connectivity index (χ1n) is 12.2. The highest BCUT2D eigenvalue weighted by molar-refractivity contribution is 7.23. The maximum atomic E-state index is 12.9. The molecule has 0 atom stereocenters. The summed E-state index contributed by atoms with van der Waals surface area (Å²) >= 11 is 2.49. The van der Waals surface area contributed by atoms with E-state index in [4.69, 9.17) is 0 Å². The van der Waals surface area contributed by atoms with Gasteiger partial charge in [-0.05, 0) is 61.4 Å². The molecule has 0 bridgehead atoms. The van der Waals surface area contributed by atoms with E-state index in [2.05, 4.69) is 20.6 Å². The number of hydrogen-bond donors (Lipinski definition) is 2. The van der Waals surface area contributed by atoms with Crippen LogP contribution < -0.4 is 10.6 Å². The lowest BCUT2D eigenvalue weighted by Crippen LogP contribution is -2.05. The van der Waals surface area contributed by atoms with Crippen LogP contribution in [0.5, 0.6) is 0 Å². The van der Waals surface area contributed by atoms with Gasteiger partial charge in [0, 0.05) is 25.2 Å². The Bertz CT molecular complexity index is 1520. The number of benzene rings is 2. The van der Waals surface area contributed by atoms with E-state index >= 15 is 0 Å². The summed E-state index contributed by atoms with van der Waals surface area (Å²) in [5.74, 6) is -0.650. The molecule has 202 valence electrons. The van der Waals surface area contributed by atoms with Gasteiger partial charge in [0.25, 0.3) is 0 Å². The second-order valence-corrected chi connectivity index (χ2v) is 10.9. The molecule has 0 unspecified atom stereocenters. The Hall–Kier alpha value is -4.54. The van der Waals surface area contributed by atoms with Gasteiger partial charge in [-0.1, -0.05) is 36.4 Å². The van der Waals surface area contributed by atoms with Gasteiger partial charge >= 0.3 is 0 Å². The van der Waals surface area contributed by atoms with Gasteiger partial charge in [-0.15, -0.1) is 22.7 Å². The number of thiazole rings is 2. The molecule has 2 N–H and O–H groups in total. The molecular formula is C30H26N4O4S2. The monoisotopic (exact) mass is 570 g/mol. The van der Waals surface area contributed by atoms with Crippen molar-refractivity contribution in [2.75, 3.05) is 10.6 Å². The largest absolute Gasteiger partial charge is 0.326 e. The third kappa shape index (κ3) is 7.31. The van der Waals surface area contributed by atoms with Crippen LogP contribution in [-0.4, -0.2) is 33.3 Å². The highest BCUT2D eigenvalue weighted by Crippen LogP contribution is 2.33. The summed E-state index contributed by atoms with van der Waals surface area (Å²) in [7, 11) is 0. The maximum Gasteiger partial charge on any atom is 0.221 e. The van der Waals surface area contributed by atoms with Crippen LogP contribution >= 0.6 is 22.7 Å². The third-order valence-electron chi connectivity index (χ3n) is 5.54. The van der Waals surface area contributed by atoms with E-state index in [-0.39, 0.29) is 23.4 Å². The molecule has 0 fully saturated rings. The molecule has 8 nitrogen and oxygen atoms in total. The van der Waals surface area contributed by atoms with Crippen LogP contribution in [0.25, 0.3) is 22.2 Å². The van der Waals surface area contributed by atoms with E-state index in [1.807, 2.05) is 24.3 Å². The maximum absolute atomic E-state index is 12.9. The van der Waals surface area contributed by atoms with E-state index in [1.165, 1.54) is 48.7 Å². The molecule has 2 amide bonds. The molecule has 10 heteroatoms. The zero-order valence-electron chi connectivity index (χ0n) is 22.3. The standard InChI is InChI=1S/C30H26N4O4S2/c1-17-27(25(37)15-9-21-5-11-23(12-6-21)33-19(3)35)39-29(31-17)30-32-18(2)28(40-30)26(38)16-10-22-7-13-24(14-8-22)34-20(4)36/h5-16H,1-4H3,(H,33,35)(H,34,36)/b15-9-,16-10-. The van der Waals surface area contributed by atoms with Crippen molar-refractivity contribution in [3.05, 3.63) is 93.0 Å². The lowest BCUT2D eigenvalue weighted by atomic mass is 10.1. The zero-order chi connectivity index (χ0) is 28.8. The van der Waals surface area contributed by atoms with E-state index in [9.17, 15) is 19.2 Å². The number of carbonyl (C=O) groups excluding carboxylic acids is 4. The lowest BCUT2D eigenvalue weighted by Gasteiger charge is -2.01. The minimum absolute atomic E-state index is 0.148. The molecule has 0 aliphatic carbocycles. The average Bonchev–Trinajstić information content (AvgIpc) is 3.49. The summed E-state index contributed by atoms with van der Waals surface area (Å²) in [6, 6.07) is 14.3. The van der Waals surface area contributed by atoms with Crippen molar-refractivity contribution in [3.8, 4) is 10.0 Å². The topological polar surface area (TPSA) is 118 Å². The first-order chi connectivity index (χ1) is 19.1. The third-order valence-corrected chi connectivity index (χ3v) is 8.03. The summed E-state index contributed by atoms with van der Waals surface area (Å²) in [4.78, 5) is 58.2. The molecule has 2 aromatic heterocycles. The quantitative estimate of drug-likeness (QED) is 0.173. The molecule has 4 aromatic rings. The van der Waals surface area contributed by atoms with E-state index in [0.717, 1.165) is 11.1 Å². The predicted octanol–water partition coefficient (Wildman–Crippen LogP) is 6.59. The number of nitrogens with one attached hydrogen (secondary N) is 2. The summed E-state index contributed by atoms with van der Waals surface area (Å²) in [5, 5.41) is 6.57. The second kappa shape index (κ2) is 12.5. The fourth-order valence-corrected chi connectivity index (χ4v) is 5.68. The van der Waals surface area contributed by atoms with Gasteiger partial charge < -0.3 is 10.6 Å². The van der Waals surface area contributed by atoms with Crippen molar-refractivity contribution in [1.29, 1.82) is 0 Å². The summed E-state index contributed by atoms with van der Waals surface area (Å²) in [5.41, 5.74) is 4.20. The normalized spacial score (nSPS) is 11.2. The highest BCUT2D eigenvalue weighted by atomic mass is 32.1. The Morgan fingerprint density at radius 3 is 1.30 bits per heavy atom. The van der Waals surface area contributed by atoms with Crippen molar-refractivity contribution < 1.29 is 19.2 Å². The first-order valence-corrected chi connectivity index (χ1v) is 13.9. The van der Waals surface area contributed by atoms with Crippen molar-refractivity contribution in [2.24, 2.45) is 0 Å². The number of hydrogen-bond acceptors (Lipinski definition) is 8. The van der Waals surface area contributed by atoms with Crippen LogP contribution in [0.1, 0.15) is 55.7 Å². The van der Waals surface area contributed by atoms with Gasteiger partial charge in [-0.2, -0.15) is 0 Å². The first kappa shape index (κ1) is 28.5. The Balaban J connectivity index is 1.45. The Kier molecular flexibility index (Phi) is 8.93. The van der Waals surface area contributed by atoms with E-state index in [1.54, 1.807) is 50.3 Å². The molecule has 40 heavy (non-hydrogen) atoms. The zero-order valence-corrected chi connectivity index (χ0v) is 23.9. The van der Waals surface area contributed by atoms with Crippen LogP contribution in [0.3, 0.4) is 0 Å². The van der Waals surface area contributed by atoms with Crippen LogP contribution in [0.4, 0.5) is 11.4 Å². The van der Waals surface area contributed by atoms with Gasteiger partial charge in [0.05, 0.1) is 21.1 Å².